The van der Waals surface area contributed by atoms with Gasteiger partial charge in [0.15, 0.2) is 11.4 Å². The van der Waals surface area contributed by atoms with E-state index in [1.165, 1.54) is 6.07 Å². The summed E-state index contributed by atoms with van der Waals surface area (Å²) < 4.78 is 17.3. The van der Waals surface area contributed by atoms with Gasteiger partial charge in [-0.25, -0.2) is 4.79 Å². The molecule has 0 amide bonds. The van der Waals surface area contributed by atoms with Gasteiger partial charge in [-0.2, -0.15) is 0 Å². The van der Waals surface area contributed by atoms with Gasteiger partial charge < -0.3 is 13.9 Å². The van der Waals surface area contributed by atoms with Crippen LogP contribution in [0.4, 0.5) is 0 Å². The lowest BCUT2D eigenvalue weighted by atomic mass is 9.89. The van der Waals surface area contributed by atoms with Crippen molar-refractivity contribution in [2.24, 2.45) is 5.92 Å². The van der Waals surface area contributed by atoms with Gasteiger partial charge in [0.2, 0.25) is 0 Å². The van der Waals surface area contributed by atoms with Crippen LogP contribution in [0.15, 0.2) is 21.3 Å². The molecule has 1 aliphatic rings. The van der Waals surface area contributed by atoms with E-state index < -0.39 is 5.63 Å². The van der Waals surface area contributed by atoms with Gasteiger partial charge in [-0.3, -0.25) is 4.79 Å². The molecule has 5 heteroatoms. The molecule has 24 heavy (non-hydrogen) atoms. The van der Waals surface area contributed by atoms with Crippen molar-refractivity contribution >= 4 is 16.8 Å². The zero-order valence-electron chi connectivity index (χ0n) is 14.6. The first-order valence-corrected chi connectivity index (χ1v) is 8.34. The first kappa shape index (κ1) is 16.6. The third-order valence-corrected chi connectivity index (χ3v) is 4.45. The molecule has 5 nitrogen and oxygen atoms in total. The number of rotatable bonds is 3. The quantitative estimate of drug-likeness (QED) is 0.802. The van der Waals surface area contributed by atoms with Crippen molar-refractivity contribution in [3.05, 3.63) is 33.7 Å². The van der Waals surface area contributed by atoms with Crippen molar-refractivity contribution in [1.82, 2.24) is 0 Å². The standard InChI is InChI=1S/C19H22O5/c1-6-12-7-15(20)24-19-16(12)13(22-9(2)3)8-14-17(19)18(21)10(4)11(5)23-14/h7-11H,6H2,1-5H3/t10-,11-/m1/s1. The van der Waals surface area contributed by atoms with Crippen LogP contribution in [0.3, 0.4) is 0 Å². The minimum Gasteiger partial charge on any atom is -0.490 e. The highest BCUT2D eigenvalue weighted by molar-refractivity contribution is 6.12. The lowest BCUT2D eigenvalue weighted by Gasteiger charge is -2.29. The maximum Gasteiger partial charge on any atom is 0.336 e. The van der Waals surface area contributed by atoms with E-state index in [4.69, 9.17) is 13.9 Å². The fourth-order valence-electron chi connectivity index (χ4n) is 3.06. The highest BCUT2D eigenvalue weighted by atomic mass is 16.5. The molecule has 0 aliphatic carbocycles. The Balaban J connectivity index is 2.42. The summed E-state index contributed by atoms with van der Waals surface area (Å²) in [4.78, 5) is 24.8. The van der Waals surface area contributed by atoms with Crippen LogP contribution in [0.1, 0.15) is 50.5 Å². The lowest BCUT2D eigenvalue weighted by molar-refractivity contribution is 0.0730. The second kappa shape index (κ2) is 5.96. The molecule has 0 saturated carbocycles. The highest BCUT2D eigenvalue weighted by Gasteiger charge is 2.35. The van der Waals surface area contributed by atoms with E-state index in [1.807, 2.05) is 34.6 Å². The van der Waals surface area contributed by atoms with Gasteiger partial charge in [-0.15, -0.1) is 0 Å². The average molecular weight is 330 g/mol. The molecule has 2 aromatic rings. The monoisotopic (exact) mass is 330 g/mol. The van der Waals surface area contributed by atoms with Gasteiger partial charge in [-0.05, 0) is 32.8 Å². The van der Waals surface area contributed by atoms with Crippen LogP contribution in [0.5, 0.6) is 11.5 Å². The maximum atomic E-state index is 12.8. The van der Waals surface area contributed by atoms with E-state index in [1.54, 1.807) is 6.07 Å². The lowest BCUT2D eigenvalue weighted by Crippen LogP contribution is -2.34. The third kappa shape index (κ3) is 2.58. The van der Waals surface area contributed by atoms with Crippen LogP contribution in [-0.4, -0.2) is 18.0 Å². The molecule has 0 bridgehead atoms. The molecule has 1 aliphatic heterocycles. The maximum absolute atomic E-state index is 12.8. The van der Waals surface area contributed by atoms with Crippen LogP contribution in [0, 0.1) is 5.92 Å². The van der Waals surface area contributed by atoms with E-state index >= 15 is 0 Å². The molecule has 0 radical (unpaired) electrons. The number of ketones is 1. The van der Waals surface area contributed by atoms with E-state index in [-0.39, 0.29) is 29.5 Å². The number of hydrogen-bond donors (Lipinski definition) is 0. The first-order chi connectivity index (χ1) is 11.3. The Morgan fingerprint density at radius 1 is 1.21 bits per heavy atom. The SMILES string of the molecule is CCc1cc(=O)oc2c3c(cc(OC(C)C)c12)O[C@H](C)[C@@H](C)C3=O. The van der Waals surface area contributed by atoms with Crippen LogP contribution < -0.4 is 15.1 Å². The van der Waals surface area contributed by atoms with Gasteiger partial charge in [0.25, 0.3) is 0 Å². The molecule has 0 saturated heterocycles. The van der Waals surface area contributed by atoms with Gasteiger partial charge in [0, 0.05) is 12.1 Å². The molecule has 2 atom stereocenters. The summed E-state index contributed by atoms with van der Waals surface area (Å²) in [7, 11) is 0. The summed E-state index contributed by atoms with van der Waals surface area (Å²) in [5.74, 6) is 0.633. The molecule has 1 aromatic heterocycles. The van der Waals surface area contributed by atoms with Crippen LogP contribution in [0.25, 0.3) is 11.0 Å². The summed E-state index contributed by atoms with van der Waals surface area (Å²) in [6.07, 6.45) is 0.338. The smallest absolute Gasteiger partial charge is 0.336 e. The largest absolute Gasteiger partial charge is 0.490 e. The summed E-state index contributed by atoms with van der Waals surface area (Å²) in [5.41, 5.74) is 0.955. The number of benzene rings is 1. The van der Waals surface area contributed by atoms with Gasteiger partial charge in [0.05, 0.1) is 17.4 Å². The van der Waals surface area contributed by atoms with E-state index in [0.717, 1.165) is 5.56 Å². The fraction of sp³-hybridized carbons (Fsp3) is 0.474. The molecular formula is C19H22O5. The molecule has 0 spiro atoms. The minimum absolute atomic E-state index is 0.0569. The molecule has 128 valence electrons. The highest BCUT2D eigenvalue weighted by Crippen LogP contribution is 2.42. The normalized spacial score (nSPS) is 20.2. The van der Waals surface area contributed by atoms with Crippen LogP contribution in [-0.2, 0) is 6.42 Å². The Hall–Kier alpha value is -2.30. The number of aryl methyl sites for hydroxylation is 1. The number of hydrogen-bond acceptors (Lipinski definition) is 5. The van der Waals surface area contributed by atoms with Crippen LogP contribution in [0.2, 0.25) is 0 Å². The van der Waals surface area contributed by atoms with Crippen molar-refractivity contribution < 1.29 is 18.7 Å². The Morgan fingerprint density at radius 2 is 1.92 bits per heavy atom. The second-order valence-corrected chi connectivity index (χ2v) is 6.54. The Bertz CT molecular complexity index is 862. The summed E-state index contributed by atoms with van der Waals surface area (Å²) in [6.45, 7) is 9.48. The molecule has 2 heterocycles. The van der Waals surface area contributed by atoms with Gasteiger partial charge in [-0.1, -0.05) is 13.8 Å². The Morgan fingerprint density at radius 3 is 2.54 bits per heavy atom. The summed E-state index contributed by atoms with van der Waals surface area (Å²) in [6, 6.07) is 3.21. The number of ether oxygens (including phenoxy) is 2. The van der Waals surface area contributed by atoms with Crippen molar-refractivity contribution in [1.29, 1.82) is 0 Å². The van der Waals surface area contributed by atoms with Gasteiger partial charge in [0.1, 0.15) is 23.2 Å². The molecule has 1 aromatic carbocycles. The Labute approximate surface area is 140 Å². The predicted molar refractivity (Wildman–Crippen MR) is 91.2 cm³/mol. The van der Waals surface area contributed by atoms with E-state index in [2.05, 4.69) is 0 Å². The number of fused-ring (bicyclic) bond motifs is 3. The average Bonchev–Trinajstić information content (AvgIpc) is 2.50. The van der Waals surface area contributed by atoms with Crippen molar-refractivity contribution in [2.45, 2.75) is 53.2 Å². The number of carbonyl (C=O) groups excluding carboxylic acids is 1. The predicted octanol–water partition coefficient (Wildman–Crippen LogP) is 3.74. The second-order valence-electron chi connectivity index (χ2n) is 6.54. The fourth-order valence-corrected chi connectivity index (χ4v) is 3.06. The summed E-state index contributed by atoms with van der Waals surface area (Å²) in [5, 5.41) is 0.684. The van der Waals surface area contributed by atoms with E-state index in [9.17, 15) is 9.59 Å². The van der Waals surface area contributed by atoms with Crippen molar-refractivity contribution in [2.75, 3.05) is 0 Å². The molecule has 0 unspecified atom stereocenters. The Kier molecular flexibility index (Phi) is 4.11. The number of carbonyl (C=O) groups is 1. The molecule has 3 rings (SSSR count). The molecular weight excluding hydrogens is 308 g/mol. The number of Topliss-reactive ketones (excluding diaryl/α,β-unsaturated/α-hetero) is 1. The molecule has 0 N–H and O–H groups in total. The zero-order valence-corrected chi connectivity index (χ0v) is 14.6. The van der Waals surface area contributed by atoms with E-state index in [0.29, 0.717) is 28.9 Å². The van der Waals surface area contributed by atoms with Gasteiger partial charge >= 0.3 is 5.63 Å². The van der Waals surface area contributed by atoms with Crippen LogP contribution >= 0.6 is 0 Å². The van der Waals surface area contributed by atoms with Crippen molar-refractivity contribution in [3.63, 3.8) is 0 Å². The minimum atomic E-state index is -0.470. The topological polar surface area (TPSA) is 65.7 Å². The third-order valence-electron chi connectivity index (χ3n) is 4.45. The molecule has 0 fully saturated rings. The zero-order chi connectivity index (χ0) is 17.6. The summed E-state index contributed by atoms with van der Waals surface area (Å²) >= 11 is 0. The first-order valence-electron chi connectivity index (χ1n) is 8.34. The van der Waals surface area contributed by atoms with Crippen molar-refractivity contribution in [3.8, 4) is 11.5 Å².